The van der Waals surface area contributed by atoms with Crippen LogP contribution in [0.3, 0.4) is 0 Å². The molecule has 2 heterocycles. The number of nitrogens with zero attached hydrogens (tertiary/aromatic N) is 3. The largest absolute Gasteiger partial charge is 0.495 e. The topological polar surface area (TPSA) is 59.9 Å². The monoisotopic (exact) mass is 386 g/mol. The molecule has 1 unspecified atom stereocenters. The van der Waals surface area contributed by atoms with Crippen LogP contribution in [0.4, 0.5) is 5.82 Å². The van der Waals surface area contributed by atoms with E-state index in [0.29, 0.717) is 5.92 Å². The van der Waals surface area contributed by atoms with Gasteiger partial charge in [-0.05, 0) is 48.6 Å². The lowest BCUT2D eigenvalue weighted by atomic mass is 9.61. The van der Waals surface area contributed by atoms with Crippen LogP contribution >= 0.6 is 0 Å². The number of nitrogens with one attached hydrogen (secondary N) is 1. The van der Waals surface area contributed by atoms with Crippen LogP contribution in [-0.2, 0) is 5.41 Å². The number of benzene rings is 1. The number of allylic oxidation sites excluding steroid dienone is 2. The molecule has 148 valence electrons. The maximum absolute atomic E-state index is 5.30. The van der Waals surface area contributed by atoms with Gasteiger partial charge in [0.25, 0.3) is 0 Å². The van der Waals surface area contributed by atoms with Crippen LogP contribution in [0.15, 0.2) is 66.6 Å². The molecule has 0 spiro atoms. The van der Waals surface area contributed by atoms with Gasteiger partial charge in [-0.15, -0.1) is 5.10 Å². The summed E-state index contributed by atoms with van der Waals surface area (Å²) in [4.78, 5) is 4.27. The van der Waals surface area contributed by atoms with E-state index in [-0.39, 0.29) is 5.41 Å². The molecule has 1 N–H and O–H groups in total. The number of pyridine rings is 1. The normalized spacial score (nSPS) is 18.2. The van der Waals surface area contributed by atoms with E-state index in [2.05, 4.69) is 64.7 Å². The molecule has 2 aromatic heterocycles. The quantitative estimate of drug-likeness (QED) is 0.635. The second-order valence-corrected chi connectivity index (χ2v) is 7.82. The molecule has 5 nitrogen and oxygen atoms in total. The van der Waals surface area contributed by atoms with E-state index >= 15 is 0 Å². The summed E-state index contributed by atoms with van der Waals surface area (Å²) in [5.41, 5.74) is 5.54. The summed E-state index contributed by atoms with van der Waals surface area (Å²) in [6.07, 6.45) is 6.84. The third kappa shape index (κ3) is 3.48. The Morgan fingerprint density at radius 3 is 2.38 bits per heavy atom. The number of rotatable bonds is 6. The first-order chi connectivity index (χ1) is 14.0. The Labute approximate surface area is 171 Å². The highest BCUT2D eigenvalue weighted by Gasteiger charge is 2.44. The van der Waals surface area contributed by atoms with Gasteiger partial charge in [-0.25, -0.2) is 0 Å². The van der Waals surface area contributed by atoms with Gasteiger partial charge in [0.2, 0.25) is 0 Å². The molecule has 1 aliphatic carbocycles. The van der Waals surface area contributed by atoms with Gasteiger partial charge in [0.05, 0.1) is 19.0 Å². The zero-order valence-electron chi connectivity index (χ0n) is 17.3. The van der Waals surface area contributed by atoms with Crippen molar-refractivity contribution in [2.24, 2.45) is 5.92 Å². The van der Waals surface area contributed by atoms with Crippen LogP contribution in [0.1, 0.15) is 31.5 Å². The minimum absolute atomic E-state index is 0.0439. The third-order valence-electron chi connectivity index (χ3n) is 5.84. The van der Waals surface area contributed by atoms with Crippen LogP contribution in [0.25, 0.3) is 11.1 Å². The van der Waals surface area contributed by atoms with Gasteiger partial charge in [-0.2, -0.15) is 5.10 Å². The molecular weight excluding hydrogens is 360 g/mol. The fraction of sp³-hybridized carbons (Fsp3) is 0.292. The van der Waals surface area contributed by atoms with Crippen molar-refractivity contribution in [2.45, 2.75) is 32.6 Å². The van der Waals surface area contributed by atoms with Crippen LogP contribution < -0.4 is 10.1 Å². The van der Waals surface area contributed by atoms with Gasteiger partial charge in [0.1, 0.15) is 5.75 Å². The van der Waals surface area contributed by atoms with E-state index in [0.717, 1.165) is 34.8 Å². The van der Waals surface area contributed by atoms with Gasteiger partial charge in [0.15, 0.2) is 5.82 Å². The van der Waals surface area contributed by atoms with Gasteiger partial charge < -0.3 is 10.1 Å². The average Bonchev–Trinajstić information content (AvgIpc) is 2.73. The van der Waals surface area contributed by atoms with Crippen molar-refractivity contribution in [1.82, 2.24) is 15.2 Å². The molecule has 5 heteroatoms. The third-order valence-corrected chi connectivity index (χ3v) is 5.84. The Bertz CT molecular complexity index is 1030. The van der Waals surface area contributed by atoms with Gasteiger partial charge in [0, 0.05) is 22.9 Å². The van der Waals surface area contributed by atoms with Crippen LogP contribution in [0, 0.1) is 12.8 Å². The van der Waals surface area contributed by atoms with E-state index < -0.39 is 0 Å². The Kier molecular flexibility index (Phi) is 5.05. The minimum atomic E-state index is -0.0439. The Balaban J connectivity index is 1.62. The summed E-state index contributed by atoms with van der Waals surface area (Å²) >= 11 is 0. The maximum Gasteiger partial charge on any atom is 0.152 e. The SMILES string of the molecule is COc1cncc(-c2ccc(C3(C(C)C)CC=C3Nc3ccc(C)nn3)cc2)c1. The Morgan fingerprint density at radius 1 is 1.00 bits per heavy atom. The van der Waals surface area contributed by atoms with Crippen LogP contribution in [-0.4, -0.2) is 22.3 Å². The van der Waals surface area contributed by atoms with Crippen molar-refractivity contribution in [3.63, 3.8) is 0 Å². The smallest absolute Gasteiger partial charge is 0.152 e. The zero-order valence-corrected chi connectivity index (χ0v) is 17.3. The van der Waals surface area contributed by atoms with Crippen molar-refractivity contribution in [2.75, 3.05) is 12.4 Å². The predicted molar refractivity (Wildman–Crippen MR) is 116 cm³/mol. The first kappa shape index (κ1) is 19.1. The number of hydrogen-bond donors (Lipinski definition) is 1. The molecular formula is C24H26N4O. The average molecular weight is 386 g/mol. The maximum atomic E-state index is 5.30. The van der Waals surface area contributed by atoms with E-state index in [1.807, 2.05) is 31.3 Å². The number of ether oxygens (including phenoxy) is 1. The fourth-order valence-electron chi connectivity index (χ4n) is 3.99. The van der Waals surface area contributed by atoms with E-state index in [4.69, 9.17) is 4.74 Å². The van der Waals surface area contributed by atoms with E-state index in [1.54, 1.807) is 13.3 Å². The molecule has 0 saturated heterocycles. The van der Waals surface area contributed by atoms with Crippen molar-refractivity contribution in [3.8, 4) is 16.9 Å². The number of hydrogen-bond acceptors (Lipinski definition) is 5. The van der Waals surface area contributed by atoms with E-state index in [9.17, 15) is 0 Å². The molecule has 0 bridgehead atoms. The molecule has 1 aromatic carbocycles. The summed E-state index contributed by atoms with van der Waals surface area (Å²) < 4.78 is 5.30. The molecule has 1 aliphatic rings. The Hall–Kier alpha value is -3.21. The number of aryl methyl sites for hydroxylation is 1. The fourth-order valence-corrected chi connectivity index (χ4v) is 3.99. The van der Waals surface area contributed by atoms with Crippen LogP contribution in [0.5, 0.6) is 5.75 Å². The molecule has 3 aromatic rings. The lowest BCUT2D eigenvalue weighted by Crippen LogP contribution is -2.43. The summed E-state index contributed by atoms with van der Waals surface area (Å²) in [7, 11) is 1.66. The highest BCUT2D eigenvalue weighted by atomic mass is 16.5. The van der Waals surface area contributed by atoms with Crippen molar-refractivity contribution in [3.05, 3.63) is 77.9 Å². The van der Waals surface area contributed by atoms with E-state index in [1.165, 1.54) is 11.3 Å². The predicted octanol–water partition coefficient (Wildman–Crippen LogP) is 5.15. The summed E-state index contributed by atoms with van der Waals surface area (Å²) in [5, 5.41) is 11.9. The molecule has 0 amide bonds. The minimum Gasteiger partial charge on any atom is -0.495 e. The second-order valence-electron chi connectivity index (χ2n) is 7.82. The number of anilines is 1. The lowest BCUT2D eigenvalue weighted by molar-refractivity contribution is 0.333. The Morgan fingerprint density at radius 2 is 1.79 bits per heavy atom. The lowest BCUT2D eigenvalue weighted by Gasteiger charge is -2.46. The molecule has 4 rings (SSSR count). The van der Waals surface area contributed by atoms with Gasteiger partial charge in [-0.1, -0.05) is 44.2 Å². The molecule has 0 aliphatic heterocycles. The summed E-state index contributed by atoms with van der Waals surface area (Å²) in [6.45, 7) is 6.49. The first-order valence-corrected chi connectivity index (χ1v) is 9.91. The second kappa shape index (κ2) is 7.66. The van der Waals surface area contributed by atoms with Crippen LogP contribution in [0.2, 0.25) is 0 Å². The highest BCUT2D eigenvalue weighted by Crippen LogP contribution is 2.49. The molecule has 29 heavy (non-hydrogen) atoms. The number of methoxy groups -OCH3 is 1. The van der Waals surface area contributed by atoms with Crippen molar-refractivity contribution < 1.29 is 4.74 Å². The van der Waals surface area contributed by atoms with Gasteiger partial charge >= 0.3 is 0 Å². The standard InChI is InChI=1S/C24H26N4O/c1-16(2)24(12-11-22(24)26-23-10-5-17(3)27-28-23)20-8-6-18(7-9-20)19-13-21(29-4)15-25-14-19/h5-11,13-16H,12H2,1-4H3,(H,26,28). The van der Waals surface area contributed by atoms with Crippen molar-refractivity contribution >= 4 is 5.82 Å². The molecule has 1 atom stereocenters. The highest BCUT2D eigenvalue weighted by molar-refractivity contribution is 5.65. The van der Waals surface area contributed by atoms with Crippen molar-refractivity contribution in [1.29, 1.82) is 0 Å². The summed E-state index contributed by atoms with van der Waals surface area (Å²) in [6, 6.07) is 14.7. The number of aromatic nitrogens is 3. The molecule has 0 radical (unpaired) electrons. The summed E-state index contributed by atoms with van der Waals surface area (Å²) in [5.74, 6) is 1.99. The molecule has 0 fully saturated rings. The van der Waals surface area contributed by atoms with Gasteiger partial charge in [-0.3, -0.25) is 4.98 Å². The zero-order chi connectivity index (χ0) is 20.4. The first-order valence-electron chi connectivity index (χ1n) is 9.91. The molecule has 0 saturated carbocycles.